The second-order valence-electron chi connectivity index (χ2n) is 14.0. The van der Waals surface area contributed by atoms with E-state index in [1.54, 1.807) is 0 Å². The summed E-state index contributed by atoms with van der Waals surface area (Å²) in [5.74, 6) is -0.0450. The van der Waals surface area contributed by atoms with Crippen molar-refractivity contribution in [2.45, 2.75) is 5.92 Å². The summed E-state index contributed by atoms with van der Waals surface area (Å²) in [5, 5.41) is 5.03. The highest BCUT2D eigenvalue weighted by atomic mass is 15.0. The predicted octanol–water partition coefficient (Wildman–Crippen LogP) is 14.1. The maximum absolute atomic E-state index is 2.45. The van der Waals surface area contributed by atoms with Crippen LogP contribution in [0.4, 0.5) is 0 Å². The van der Waals surface area contributed by atoms with Crippen LogP contribution < -0.4 is 0 Å². The quantitative estimate of drug-likeness (QED) is 0.147. The number of fused-ring (bicyclic) bond motifs is 4. The number of hydrogen-bond acceptors (Lipinski definition) is 0. The molecule has 0 spiro atoms. The Bertz CT molecular complexity index is 2930. The van der Waals surface area contributed by atoms with Crippen LogP contribution in [0.5, 0.6) is 0 Å². The molecule has 10 aromatic rings. The summed E-state index contributed by atoms with van der Waals surface area (Å²) >= 11 is 0. The Kier molecular flexibility index (Phi) is 7.96. The number of benzene rings is 9. The third-order valence-corrected chi connectivity index (χ3v) is 11.0. The summed E-state index contributed by atoms with van der Waals surface area (Å²) in [4.78, 5) is 0. The van der Waals surface area contributed by atoms with E-state index in [1.807, 2.05) is 0 Å². The highest BCUT2D eigenvalue weighted by Crippen LogP contribution is 2.45. The van der Waals surface area contributed by atoms with Crippen LogP contribution in [-0.2, 0) is 0 Å². The molecule has 0 N–H and O–H groups in total. The number of hydrogen-bond donors (Lipinski definition) is 0. The summed E-state index contributed by atoms with van der Waals surface area (Å²) in [6.45, 7) is 0. The smallest absolute Gasteiger partial charge is 0.0544 e. The molecule has 0 aliphatic rings. The fraction of sp³-hybridized carbons (Fsp3) is 0.0189. The SMILES string of the molecule is c1ccc(-c2ccccc2-c2ccccc2-c2ccccc2C(c2ccc3c4ccccc4n(-c4ccccc4)c3c2)c2cccc3ccccc23)cc1. The van der Waals surface area contributed by atoms with E-state index in [-0.39, 0.29) is 5.92 Å². The van der Waals surface area contributed by atoms with E-state index in [0.29, 0.717) is 0 Å². The molecular formula is C53H37N. The van der Waals surface area contributed by atoms with E-state index in [1.165, 1.54) is 82.6 Å². The first-order valence-corrected chi connectivity index (χ1v) is 18.7. The zero-order chi connectivity index (χ0) is 35.8. The van der Waals surface area contributed by atoms with Crippen LogP contribution in [0.25, 0.3) is 71.6 Å². The van der Waals surface area contributed by atoms with Gasteiger partial charge in [-0.1, -0.05) is 194 Å². The predicted molar refractivity (Wildman–Crippen MR) is 228 cm³/mol. The first kappa shape index (κ1) is 31.7. The number of nitrogens with zero attached hydrogens (tertiary/aromatic N) is 1. The van der Waals surface area contributed by atoms with Crippen molar-refractivity contribution in [1.29, 1.82) is 0 Å². The fourth-order valence-electron chi connectivity index (χ4n) is 8.59. The van der Waals surface area contributed by atoms with Gasteiger partial charge in [0.15, 0.2) is 0 Å². The first-order valence-electron chi connectivity index (χ1n) is 18.7. The fourth-order valence-corrected chi connectivity index (χ4v) is 8.59. The molecule has 0 amide bonds. The van der Waals surface area contributed by atoms with Crippen LogP contribution in [-0.4, -0.2) is 4.57 Å². The zero-order valence-corrected chi connectivity index (χ0v) is 29.8. The van der Waals surface area contributed by atoms with Gasteiger partial charge in [-0.2, -0.15) is 0 Å². The molecule has 0 fully saturated rings. The van der Waals surface area contributed by atoms with Crippen molar-refractivity contribution in [2.75, 3.05) is 0 Å². The molecule has 0 aliphatic carbocycles. The summed E-state index contributed by atoms with van der Waals surface area (Å²) in [6, 6.07) is 79.8. The number of para-hydroxylation sites is 2. The van der Waals surface area contributed by atoms with Crippen molar-refractivity contribution < 1.29 is 0 Å². The summed E-state index contributed by atoms with van der Waals surface area (Å²) in [7, 11) is 0. The van der Waals surface area contributed by atoms with Gasteiger partial charge < -0.3 is 4.57 Å². The minimum atomic E-state index is -0.0450. The number of rotatable bonds is 7. The Hall–Kier alpha value is -6.96. The monoisotopic (exact) mass is 687 g/mol. The van der Waals surface area contributed by atoms with Crippen LogP contribution in [0.3, 0.4) is 0 Å². The lowest BCUT2D eigenvalue weighted by atomic mass is 9.78. The van der Waals surface area contributed by atoms with E-state index in [0.717, 1.165) is 5.69 Å². The molecule has 0 aliphatic heterocycles. The van der Waals surface area contributed by atoms with Gasteiger partial charge in [-0.15, -0.1) is 0 Å². The van der Waals surface area contributed by atoms with Gasteiger partial charge in [0, 0.05) is 22.4 Å². The van der Waals surface area contributed by atoms with Gasteiger partial charge in [0.05, 0.1) is 11.0 Å². The van der Waals surface area contributed by atoms with Gasteiger partial charge in [-0.3, -0.25) is 0 Å². The first-order chi connectivity index (χ1) is 26.8. The number of aromatic nitrogens is 1. The van der Waals surface area contributed by atoms with Crippen molar-refractivity contribution in [3.63, 3.8) is 0 Å². The van der Waals surface area contributed by atoms with Crippen molar-refractivity contribution >= 4 is 32.6 Å². The molecule has 9 aromatic carbocycles. The minimum absolute atomic E-state index is 0.0450. The largest absolute Gasteiger partial charge is 0.309 e. The molecule has 10 rings (SSSR count). The second kappa shape index (κ2) is 13.5. The van der Waals surface area contributed by atoms with Crippen molar-refractivity contribution in [1.82, 2.24) is 4.57 Å². The van der Waals surface area contributed by atoms with Gasteiger partial charge in [-0.25, -0.2) is 0 Å². The van der Waals surface area contributed by atoms with E-state index in [4.69, 9.17) is 0 Å². The minimum Gasteiger partial charge on any atom is -0.309 e. The zero-order valence-electron chi connectivity index (χ0n) is 29.8. The van der Waals surface area contributed by atoms with Crippen LogP contribution >= 0.6 is 0 Å². The molecule has 0 radical (unpaired) electrons. The maximum Gasteiger partial charge on any atom is 0.0544 e. The Morgan fingerprint density at radius 3 is 1.61 bits per heavy atom. The lowest BCUT2D eigenvalue weighted by molar-refractivity contribution is 0.992. The van der Waals surface area contributed by atoms with Crippen LogP contribution in [0.1, 0.15) is 22.6 Å². The lowest BCUT2D eigenvalue weighted by Crippen LogP contribution is -2.07. The molecule has 1 unspecified atom stereocenters. The van der Waals surface area contributed by atoms with Gasteiger partial charge in [-0.05, 0) is 85.1 Å². The Balaban J connectivity index is 1.25. The molecule has 0 bridgehead atoms. The standard InChI is InChI=1S/C53H37N/c1-3-18-37(19-4-1)41-24-9-10-26-43(41)44-27-11-12-28-45(44)46-29-13-14-31-50(46)53(49-32-17-21-38-20-7-8-25-42(38)49)39-34-35-48-47-30-15-16-33-51(47)54(52(48)36-39)40-22-5-2-6-23-40/h1-36,53H. The highest BCUT2D eigenvalue weighted by Gasteiger charge is 2.25. The molecule has 1 heteroatoms. The third-order valence-electron chi connectivity index (χ3n) is 11.0. The lowest BCUT2D eigenvalue weighted by Gasteiger charge is -2.25. The van der Waals surface area contributed by atoms with E-state index >= 15 is 0 Å². The second-order valence-corrected chi connectivity index (χ2v) is 14.0. The summed E-state index contributed by atoms with van der Waals surface area (Å²) in [5.41, 5.74) is 14.8. The molecule has 254 valence electrons. The van der Waals surface area contributed by atoms with Crippen molar-refractivity contribution in [3.8, 4) is 39.1 Å². The van der Waals surface area contributed by atoms with Crippen LogP contribution in [0.15, 0.2) is 218 Å². The molecule has 1 aromatic heterocycles. The molecule has 0 saturated carbocycles. The third kappa shape index (κ3) is 5.41. The van der Waals surface area contributed by atoms with E-state index in [9.17, 15) is 0 Å². The Labute approximate surface area is 316 Å². The van der Waals surface area contributed by atoms with E-state index in [2.05, 4.69) is 223 Å². The highest BCUT2D eigenvalue weighted by molar-refractivity contribution is 6.09. The average molecular weight is 688 g/mol. The van der Waals surface area contributed by atoms with Crippen LogP contribution in [0.2, 0.25) is 0 Å². The normalized spacial score (nSPS) is 12.0. The van der Waals surface area contributed by atoms with Gasteiger partial charge in [0.2, 0.25) is 0 Å². The average Bonchev–Trinajstić information content (AvgIpc) is 3.58. The molecule has 1 atom stereocenters. The molecule has 0 saturated heterocycles. The van der Waals surface area contributed by atoms with Gasteiger partial charge >= 0.3 is 0 Å². The Morgan fingerprint density at radius 1 is 0.315 bits per heavy atom. The topological polar surface area (TPSA) is 4.93 Å². The maximum atomic E-state index is 2.45. The van der Waals surface area contributed by atoms with Gasteiger partial charge in [0.1, 0.15) is 0 Å². The van der Waals surface area contributed by atoms with Gasteiger partial charge in [0.25, 0.3) is 0 Å². The summed E-state index contributed by atoms with van der Waals surface area (Å²) < 4.78 is 2.43. The molecule has 1 nitrogen and oxygen atoms in total. The van der Waals surface area contributed by atoms with E-state index < -0.39 is 0 Å². The Morgan fingerprint density at radius 2 is 0.833 bits per heavy atom. The molecule has 1 heterocycles. The van der Waals surface area contributed by atoms with Crippen molar-refractivity contribution in [2.24, 2.45) is 0 Å². The van der Waals surface area contributed by atoms with Crippen LogP contribution in [0, 0.1) is 0 Å². The molecular weight excluding hydrogens is 651 g/mol. The molecule has 54 heavy (non-hydrogen) atoms. The summed E-state index contributed by atoms with van der Waals surface area (Å²) in [6.07, 6.45) is 0. The van der Waals surface area contributed by atoms with Crippen molar-refractivity contribution in [3.05, 3.63) is 235 Å².